The zero-order chi connectivity index (χ0) is 62.2. The highest BCUT2D eigenvalue weighted by Gasteiger charge is 2.59. The fourth-order valence-electron chi connectivity index (χ4n) is 14.2. The van der Waals surface area contributed by atoms with Crippen LogP contribution in [0.15, 0.2) is 84.9 Å². The molecule has 0 aromatic heterocycles. The van der Waals surface area contributed by atoms with Gasteiger partial charge in [-0.3, -0.25) is 4.79 Å². The molecule has 0 bridgehead atoms. The number of benzene rings is 3. The van der Waals surface area contributed by atoms with Gasteiger partial charge >= 0.3 is 0 Å². The van der Waals surface area contributed by atoms with E-state index in [2.05, 4.69) is 185 Å². The van der Waals surface area contributed by atoms with Crippen molar-refractivity contribution in [3.63, 3.8) is 0 Å². The van der Waals surface area contributed by atoms with Crippen molar-refractivity contribution < 1.29 is 55.7 Å². The molecule has 16 heteroatoms. The molecule has 3 fully saturated rings. The van der Waals surface area contributed by atoms with Gasteiger partial charge in [0, 0.05) is 44.3 Å². The van der Waals surface area contributed by atoms with Gasteiger partial charge in [-0.2, -0.15) is 0 Å². The van der Waals surface area contributed by atoms with Gasteiger partial charge in [0.2, 0.25) is 0 Å². The van der Waals surface area contributed by atoms with Gasteiger partial charge in [0.05, 0.1) is 45.2 Å². The second-order valence-corrected chi connectivity index (χ2v) is 48.2. The lowest BCUT2D eigenvalue weighted by atomic mass is 9.88. The first-order chi connectivity index (χ1) is 39.3. The summed E-state index contributed by atoms with van der Waals surface area (Å²) in [7, 11) is -9.62. The molecule has 3 saturated heterocycles. The van der Waals surface area contributed by atoms with Crippen LogP contribution in [0.1, 0.15) is 168 Å². The molecule has 3 aromatic rings. The molecule has 1 N–H and O–H groups in total. The van der Waals surface area contributed by atoms with Crippen molar-refractivity contribution in [2.75, 3.05) is 33.0 Å². The van der Waals surface area contributed by atoms with Crippen LogP contribution in [0.4, 0.5) is 4.39 Å². The number of ketones is 1. The molecule has 0 unspecified atom stereocenters. The molecule has 0 saturated carbocycles. The second kappa shape index (κ2) is 29.1. The van der Waals surface area contributed by atoms with E-state index in [0.29, 0.717) is 67.9 Å². The number of aliphatic hydroxyl groups is 1. The number of carbonyl (C=O) groups excluding carboxylic acids is 1. The maximum absolute atomic E-state index is 15.0. The molecule has 6 rings (SSSR count). The number of aliphatic hydroxyl groups excluding tert-OH is 1. The van der Waals surface area contributed by atoms with Crippen LogP contribution in [-0.2, 0) is 52.8 Å². The van der Waals surface area contributed by atoms with Gasteiger partial charge in [-0.25, -0.2) is 4.39 Å². The minimum Gasteiger partial charge on any atom is -0.416 e. The third-order valence-corrected chi connectivity index (χ3v) is 40.5. The predicted molar refractivity (Wildman–Crippen MR) is 349 cm³/mol. The highest BCUT2D eigenvalue weighted by atomic mass is 28.4. The molecule has 0 radical (unpaired) electrons. The molecule has 0 aliphatic carbocycles. The van der Waals surface area contributed by atoms with Gasteiger partial charge in [-0.1, -0.05) is 184 Å². The quantitative estimate of drug-likeness (QED) is 0.0602. The molecule has 3 aliphatic heterocycles. The summed E-state index contributed by atoms with van der Waals surface area (Å²) in [5, 5.41) is 14.2. The summed E-state index contributed by atoms with van der Waals surface area (Å²) in [6, 6.07) is 30.5. The van der Waals surface area contributed by atoms with E-state index in [1.165, 1.54) is 22.5 Å². The lowest BCUT2D eigenvalue weighted by molar-refractivity contribution is -0.176. The van der Waals surface area contributed by atoms with Crippen molar-refractivity contribution in [1.82, 2.24) is 0 Å². The maximum Gasteiger partial charge on any atom is 0.261 e. The first kappa shape index (κ1) is 70.8. The van der Waals surface area contributed by atoms with Gasteiger partial charge in [0.1, 0.15) is 29.2 Å². The molecule has 3 heterocycles. The third-order valence-electron chi connectivity index (χ3n) is 20.2. The van der Waals surface area contributed by atoms with Crippen LogP contribution in [0, 0.1) is 11.7 Å². The van der Waals surface area contributed by atoms with E-state index in [4.69, 9.17) is 41.4 Å². The smallest absolute Gasteiger partial charge is 0.261 e. The van der Waals surface area contributed by atoms with Crippen LogP contribution in [0.3, 0.4) is 0 Å². The Bertz CT molecular complexity index is 2420. The van der Waals surface area contributed by atoms with Gasteiger partial charge in [0.25, 0.3) is 8.32 Å². The normalized spacial score (nSPS) is 23.9. The zero-order valence-corrected chi connectivity index (χ0v) is 59.5. The summed E-state index contributed by atoms with van der Waals surface area (Å²) < 4.78 is 78.2. The summed E-state index contributed by atoms with van der Waals surface area (Å²) >= 11 is 0. The van der Waals surface area contributed by atoms with Crippen LogP contribution in [-0.4, -0.2) is 125 Å². The van der Waals surface area contributed by atoms with Crippen molar-refractivity contribution in [2.45, 2.75) is 275 Å². The number of hydrogen-bond donors (Lipinski definition) is 1. The summed E-state index contributed by atoms with van der Waals surface area (Å²) in [4.78, 5) is 15.0. The molecular weight excluding hydrogens is 1120 g/mol. The standard InChI is InChI=1S/C68H113FO11Si4/c1-20-82(21-2,22-3)80-67(49-77-84(65(14,15)16,56-33-25-23-26-34-56)57-35-27-24-28-36-57)45-61(73-48-67)62-60(72-47-54-31-29-32-55(69)43-54)44-66(17,78-62)63(71)58(70)38-40-68(74-41-42-75-68)39-30-37-59(79-81(18,19)64(11,12)13)53(10)46-76-83(50(4)5,51(6)7)52(8)9/h23-29,31-36,43,50-53,58-62,70H,20-22,30,37-42,44-49H2,1-19H3/t53-,58-,59-,60-,61+,62-,66+,67+/m0/s1. The van der Waals surface area contributed by atoms with Crippen molar-refractivity contribution in [3.05, 3.63) is 96.3 Å². The van der Waals surface area contributed by atoms with Gasteiger partial charge in [-0.05, 0) is 112 Å². The van der Waals surface area contributed by atoms with E-state index in [-0.39, 0.29) is 54.0 Å². The minimum absolute atomic E-state index is 0.0247. The van der Waals surface area contributed by atoms with Crippen molar-refractivity contribution >= 4 is 49.4 Å². The Morgan fingerprint density at radius 3 is 1.83 bits per heavy atom. The van der Waals surface area contributed by atoms with Crippen molar-refractivity contribution in [3.8, 4) is 0 Å². The fourth-order valence-corrected chi connectivity index (χ4v) is 28.9. The molecule has 3 aromatic carbocycles. The molecule has 11 nitrogen and oxygen atoms in total. The SMILES string of the molecule is CC[Si](CC)(CC)O[C@@]1(CO[Si](c2ccccc2)(c2ccccc2)C(C)(C)C)CO[C@@H]([C@H]2O[C@@](C)(C(=O)[C@@H](O)CCC3(CCC[C@H](O[Si](C)(C)C(C)(C)C)[C@@H](C)CO[Si](C(C)C)(C(C)C)C(C)C)OCCO3)C[C@@H]2OCc2cccc(F)c2)C1. The van der Waals surface area contributed by atoms with E-state index in [9.17, 15) is 9.50 Å². The highest BCUT2D eigenvalue weighted by molar-refractivity contribution is 6.99. The van der Waals surface area contributed by atoms with Crippen LogP contribution < -0.4 is 10.4 Å². The Morgan fingerprint density at radius 1 is 0.750 bits per heavy atom. The summed E-state index contributed by atoms with van der Waals surface area (Å²) in [5.41, 5.74) is -0.165. The predicted octanol–water partition coefficient (Wildman–Crippen LogP) is 15.2. The summed E-state index contributed by atoms with van der Waals surface area (Å²) in [5.74, 6) is -1.58. The fraction of sp³-hybridized carbons (Fsp3) is 0.721. The molecule has 0 spiro atoms. The average molecular weight is 1240 g/mol. The average Bonchev–Trinajstić information content (AvgIpc) is 1.43. The monoisotopic (exact) mass is 1240 g/mol. The van der Waals surface area contributed by atoms with E-state index in [0.717, 1.165) is 31.0 Å². The van der Waals surface area contributed by atoms with Crippen LogP contribution >= 0.6 is 0 Å². The number of Topliss-reactive ketones (excluding diaryl/α,β-unsaturated/α-hetero) is 1. The van der Waals surface area contributed by atoms with E-state index >= 15 is 4.79 Å². The molecule has 84 heavy (non-hydrogen) atoms. The second-order valence-electron chi connectivity index (χ2n) is 29.0. The highest BCUT2D eigenvalue weighted by Crippen LogP contribution is 2.47. The Balaban J connectivity index is 1.24. The van der Waals surface area contributed by atoms with Crippen LogP contribution in [0.25, 0.3) is 0 Å². The Kier molecular flexibility index (Phi) is 24.6. The number of halogens is 1. The zero-order valence-electron chi connectivity index (χ0n) is 55.5. The number of ether oxygens (including phenoxy) is 5. The van der Waals surface area contributed by atoms with Crippen LogP contribution in [0.2, 0.25) is 57.9 Å². The Morgan fingerprint density at radius 2 is 1.32 bits per heavy atom. The third kappa shape index (κ3) is 16.2. The first-order valence-electron chi connectivity index (χ1n) is 32.2. The molecule has 474 valence electrons. The van der Waals surface area contributed by atoms with Gasteiger partial charge in [-0.15, -0.1) is 0 Å². The summed E-state index contributed by atoms with van der Waals surface area (Å²) in [6.45, 7) is 45.4. The van der Waals surface area contributed by atoms with E-state index < -0.39 is 80.5 Å². The van der Waals surface area contributed by atoms with Gasteiger partial charge < -0.3 is 46.5 Å². The van der Waals surface area contributed by atoms with Crippen molar-refractivity contribution in [2.24, 2.45) is 5.92 Å². The molecular formula is C68H113FO11Si4. The number of hydrogen-bond acceptors (Lipinski definition) is 11. The first-order valence-corrected chi connectivity index (χ1v) is 41.7. The maximum atomic E-state index is 15.0. The molecule has 8 atom stereocenters. The molecule has 0 amide bonds. The van der Waals surface area contributed by atoms with Crippen LogP contribution in [0.5, 0.6) is 0 Å². The Hall–Kier alpha value is -2.27. The van der Waals surface area contributed by atoms with Gasteiger partial charge in [0.15, 0.2) is 36.5 Å². The summed E-state index contributed by atoms with van der Waals surface area (Å²) in [6.07, 6.45) is -0.0990. The van der Waals surface area contributed by atoms with E-state index in [1.807, 2.05) is 6.07 Å². The lowest BCUT2D eigenvalue weighted by Gasteiger charge is -2.46. The lowest BCUT2D eigenvalue weighted by Crippen LogP contribution is -2.68. The topological polar surface area (TPSA) is 120 Å². The Labute approximate surface area is 512 Å². The van der Waals surface area contributed by atoms with Crippen molar-refractivity contribution in [1.29, 1.82) is 0 Å². The van der Waals surface area contributed by atoms with E-state index in [1.54, 1.807) is 13.0 Å². The number of carbonyl (C=O) groups is 1. The largest absolute Gasteiger partial charge is 0.416 e. The minimum atomic E-state index is -3.02. The number of rotatable bonds is 32. The molecule has 3 aliphatic rings.